The van der Waals surface area contributed by atoms with Crippen LogP contribution in [0.15, 0.2) is 34.7 Å². The summed E-state index contributed by atoms with van der Waals surface area (Å²) >= 11 is 12.0. The van der Waals surface area contributed by atoms with Crippen molar-refractivity contribution in [2.45, 2.75) is 26.0 Å². The molecule has 0 aliphatic heterocycles. The summed E-state index contributed by atoms with van der Waals surface area (Å²) in [7, 11) is 0. The first-order valence-electron chi connectivity index (χ1n) is 5.91. The van der Waals surface area contributed by atoms with E-state index in [9.17, 15) is 0 Å². The molecule has 2 unspecified atom stereocenters. The molecule has 2 atom stereocenters. The average molecular weight is 300 g/mol. The summed E-state index contributed by atoms with van der Waals surface area (Å²) in [4.78, 5) is 0. The molecule has 1 heterocycles. The van der Waals surface area contributed by atoms with Crippen molar-refractivity contribution in [3.63, 3.8) is 0 Å². The van der Waals surface area contributed by atoms with Gasteiger partial charge in [0, 0.05) is 17.1 Å². The number of furan rings is 1. The summed E-state index contributed by atoms with van der Waals surface area (Å²) < 4.78 is 11.4. The predicted molar refractivity (Wildman–Crippen MR) is 76.9 cm³/mol. The van der Waals surface area contributed by atoms with Crippen LogP contribution < -0.4 is 10.5 Å². The highest BCUT2D eigenvalue weighted by Crippen LogP contribution is 2.33. The molecule has 2 rings (SSSR count). The first-order chi connectivity index (χ1) is 8.97. The molecule has 0 saturated carbocycles. The smallest absolute Gasteiger partial charge is 0.171 e. The van der Waals surface area contributed by atoms with Crippen LogP contribution in [-0.4, -0.2) is 6.04 Å². The zero-order chi connectivity index (χ0) is 14.0. The third kappa shape index (κ3) is 3.44. The zero-order valence-electron chi connectivity index (χ0n) is 10.7. The fraction of sp³-hybridized carbons (Fsp3) is 0.286. The van der Waals surface area contributed by atoms with E-state index in [0.717, 1.165) is 5.76 Å². The highest BCUT2D eigenvalue weighted by Gasteiger charge is 2.22. The second-order valence-electron chi connectivity index (χ2n) is 4.42. The van der Waals surface area contributed by atoms with Crippen molar-refractivity contribution < 1.29 is 9.15 Å². The Bertz CT molecular complexity index is 566. The Kier molecular flexibility index (Phi) is 4.40. The molecule has 0 bridgehead atoms. The second-order valence-corrected chi connectivity index (χ2v) is 5.26. The van der Waals surface area contributed by atoms with Gasteiger partial charge in [-0.15, -0.1) is 0 Å². The summed E-state index contributed by atoms with van der Waals surface area (Å²) in [6.07, 6.45) is -0.412. The lowest BCUT2D eigenvalue weighted by Gasteiger charge is -2.21. The average Bonchev–Trinajstić information content (AvgIpc) is 2.76. The van der Waals surface area contributed by atoms with Crippen LogP contribution in [0.2, 0.25) is 10.0 Å². The third-order valence-electron chi connectivity index (χ3n) is 2.67. The van der Waals surface area contributed by atoms with Crippen LogP contribution in [-0.2, 0) is 0 Å². The van der Waals surface area contributed by atoms with E-state index in [2.05, 4.69) is 0 Å². The Hall–Kier alpha value is -1.16. The molecule has 2 N–H and O–H groups in total. The first kappa shape index (κ1) is 14.3. The van der Waals surface area contributed by atoms with E-state index in [1.54, 1.807) is 18.2 Å². The maximum Gasteiger partial charge on any atom is 0.171 e. The third-order valence-corrected chi connectivity index (χ3v) is 3.21. The fourth-order valence-corrected chi connectivity index (χ4v) is 2.06. The van der Waals surface area contributed by atoms with Gasteiger partial charge < -0.3 is 14.9 Å². The molecule has 0 aliphatic rings. The normalized spacial score (nSPS) is 14.2. The minimum atomic E-state index is -0.412. The SMILES string of the molecule is Cc1ccc(C(Oc2cc(Cl)ccc2Cl)C(C)N)o1. The van der Waals surface area contributed by atoms with E-state index in [0.29, 0.717) is 21.6 Å². The quantitative estimate of drug-likeness (QED) is 0.912. The van der Waals surface area contributed by atoms with Gasteiger partial charge in [0.05, 0.1) is 5.02 Å². The van der Waals surface area contributed by atoms with E-state index in [-0.39, 0.29) is 6.04 Å². The van der Waals surface area contributed by atoms with Crippen LogP contribution in [0.5, 0.6) is 5.75 Å². The molecule has 0 fully saturated rings. The molecule has 0 radical (unpaired) electrons. The Morgan fingerprint density at radius 1 is 1.21 bits per heavy atom. The summed E-state index contributed by atoms with van der Waals surface area (Å²) in [6, 6.07) is 8.52. The lowest BCUT2D eigenvalue weighted by molar-refractivity contribution is 0.152. The van der Waals surface area contributed by atoms with Crippen molar-refractivity contribution in [2.24, 2.45) is 5.73 Å². The van der Waals surface area contributed by atoms with Crippen LogP contribution in [0.25, 0.3) is 0 Å². The van der Waals surface area contributed by atoms with Gasteiger partial charge in [0.15, 0.2) is 6.10 Å². The molecule has 0 aliphatic carbocycles. The van der Waals surface area contributed by atoms with Crippen LogP contribution >= 0.6 is 23.2 Å². The van der Waals surface area contributed by atoms with E-state index in [1.165, 1.54) is 0 Å². The van der Waals surface area contributed by atoms with Gasteiger partial charge in [0.25, 0.3) is 0 Å². The van der Waals surface area contributed by atoms with E-state index >= 15 is 0 Å². The minimum absolute atomic E-state index is 0.249. The van der Waals surface area contributed by atoms with Crippen LogP contribution in [0.1, 0.15) is 24.5 Å². The van der Waals surface area contributed by atoms with Crippen LogP contribution in [0, 0.1) is 6.92 Å². The molecular formula is C14H15Cl2NO2. The van der Waals surface area contributed by atoms with Crippen molar-refractivity contribution in [2.75, 3.05) is 0 Å². The Labute approximate surface area is 122 Å². The molecule has 0 spiro atoms. The van der Waals surface area contributed by atoms with Gasteiger partial charge in [0.1, 0.15) is 17.3 Å². The Balaban J connectivity index is 2.29. The minimum Gasteiger partial charge on any atom is -0.479 e. The van der Waals surface area contributed by atoms with Crippen molar-refractivity contribution in [1.29, 1.82) is 0 Å². The van der Waals surface area contributed by atoms with E-state index in [1.807, 2.05) is 26.0 Å². The molecule has 3 nitrogen and oxygen atoms in total. The highest BCUT2D eigenvalue weighted by atomic mass is 35.5. The molecule has 2 aromatic rings. The molecule has 1 aromatic carbocycles. The molecular weight excluding hydrogens is 285 g/mol. The van der Waals surface area contributed by atoms with Gasteiger partial charge in [-0.2, -0.15) is 0 Å². The highest BCUT2D eigenvalue weighted by molar-refractivity contribution is 6.34. The van der Waals surface area contributed by atoms with Crippen LogP contribution in [0.3, 0.4) is 0 Å². The molecule has 0 saturated heterocycles. The van der Waals surface area contributed by atoms with Gasteiger partial charge in [-0.1, -0.05) is 23.2 Å². The number of rotatable bonds is 4. The summed E-state index contributed by atoms with van der Waals surface area (Å²) in [5, 5.41) is 1.04. The number of aryl methyl sites for hydroxylation is 1. The number of ether oxygens (including phenoxy) is 1. The maximum atomic E-state index is 6.08. The standard InChI is InChI=1S/C14H15Cl2NO2/c1-8-3-6-12(18-8)14(9(2)17)19-13-7-10(15)4-5-11(13)16/h3-7,9,14H,17H2,1-2H3. The maximum absolute atomic E-state index is 6.08. The molecule has 19 heavy (non-hydrogen) atoms. The van der Waals surface area contributed by atoms with Crippen molar-refractivity contribution >= 4 is 23.2 Å². The Morgan fingerprint density at radius 2 is 1.95 bits per heavy atom. The predicted octanol–water partition coefficient (Wildman–Crippen LogP) is 4.36. The van der Waals surface area contributed by atoms with Crippen LogP contribution in [0.4, 0.5) is 0 Å². The Morgan fingerprint density at radius 3 is 2.53 bits per heavy atom. The van der Waals surface area contributed by atoms with E-state index in [4.69, 9.17) is 38.1 Å². The molecule has 1 aromatic heterocycles. The summed E-state index contributed by atoms with van der Waals surface area (Å²) in [5.41, 5.74) is 5.95. The van der Waals surface area contributed by atoms with Crippen molar-refractivity contribution in [3.05, 3.63) is 51.9 Å². The molecule has 0 amide bonds. The summed E-state index contributed by atoms with van der Waals surface area (Å²) in [6.45, 7) is 3.72. The molecule has 5 heteroatoms. The van der Waals surface area contributed by atoms with Gasteiger partial charge in [-0.05, 0) is 38.1 Å². The fourth-order valence-electron chi connectivity index (χ4n) is 1.74. The second kappa shape index (κ2) is 5.87. The monoisotopic (exact) mass is 299 g/mol. The van der Waals surface area contributed by atoms with Gasteiger partial charge >= 0.3 is 0 Å². The lowest BCUT2D eigenvalue weighted by Crippen LogP contribution is -2.28. The zero-order valence-corrected chi connectivity index (χ0v) is 12.2. The number of halogens is 2. The first-order valence-corrected chi connectivity index (χ1v) is 6.66. The number of nitrogens with two attached hydrogens (primary N) is 1. The van der Waals surface area contributed by atoms with Gasteiger partial charge in [-0.3, -0.25) is 0 Å². The molecule has 102 valence electrons. The topological polar surface area (TPSA) is 48.4 Å². The van der Waals surface area contributed by atoms with Crippen molar-refractivity contribution in [1.82, 2.24) is 0 Å². The van der Waals surface area contributed by atoms with Gasteiger partial charge in [-0.25, -0.2) is 0 Å². The number of hydrogen-bond donors (Lipinski definition) is 1. The number of hydrogen-bond acceptors (Lipinski definition) is 3. The lowest BCUT2D eigenvalue weighted by atomic mass is 10.1. The van der Waals surface area contributed by atoms with Gasteiger partial charge in [0.2, 0.25) is 0 Å². The number of benzene rings is 1. The van der Waals surface area contributed by atoms with E-state index < -0.39 is 6.10 Å². The largest absolute Gasteiger partial charge is 0.479 e. The summed E-state index contributed by atoms with van der Waals surface area (Å²) in [5.74, 6) is 1.97. The van der Waals surface area contributed by atoms with Crippen molar-refractivity contribution in [3.8, 4) is 5.75 Å².